The lowest BCUT2D eigenvalue weighted by molar-refractivity contribution is -0.308. The molecule has 7 saturated carbocycles. The Labute approximate surface area is 110 Å². The maximum absolute atomic E-state index is 2.62. The summed E-state index contributed by atoms with van der Waals surface area (Å²) < 4.78 is 0. The number of hydrogen-bond acceptors (Lipinski definition) is 0. The van der Waals surface area contributed by atoms with E-state index < -0.39 is 0 Å². The molecule has 0 nitrogen and oxygen atoms in total. The van der Waals surface area contributed by atoms with Gasteiger partial charge in [0, 0.05) is 0 Å². The van der Waals surface area contributed by atoms with Gasteiger partial charge < -0.3 is 0 Å². The molecule has 7 aliphatic carbocycles. The fourth-order valence-corrected chi connectivity index (χ4v) is 10.3. The van der Waals surface area contributed by atoms with E-state index in [4.69, 9.17) is 0 Å². The van der Waals surface area contributed by atoms with Crippen LogP contribution in [0.25, 0.3) is 0 Å². The molecular formula is C18H24. The van der Waals surface area contributed by atoms with Crippen LogP contribution in [0.1, 0.15) is 51.9 Å². The van der Waals surface area contributed by atoms with Crippen LogP contribution >= 0.6 is 0 Å². The van der Waals surface area contributed by atoms with Gasteiger partial charge in [-0.1, -0.05) is 6.92 Å². The molecule has 0 aromatic rings. The minimum atomic E-state index is 0.886. The number of hydrogen-bond donors (Lipinski definition) is 0. The molecule has 7 rings (SSSR count). The van der Waals surface area contributed by atoms with Crippen molar-refractivity contribution in [2.45, 2.75) is 51.9 Å². The third-order valence-electron chi connectivity index (χ3n) is 10.2. The first-order valence-corrected chi connectivity index (χ1v) is 8.68. The van der Waals surface area contributed by atoms with Crippen molar-refractivity contribution in [2.75, 3.05) is 0 Å². The normalized spacial score (nSPS) is 83.5. The predicted molar refractivity (Wildman–Crippen MR) is 69.7 cm³/mol. The topological polar surface area (TPSA) is 0 Å². The van der Waals surface area contributed by atoms with Crippen LogP contribution < -0.4 is 0 Å². The minimum Gasteiger partial charge on any atom is -0.0619 e. The van der Waals surface area contributed by atoms with E-state index in [1.807, 2.05) is 0 Å². The molecule has 0 aromatic carbocycles. The van der Waals surface area contributed by atoms with Crippen LogP contribution in [-0.4, -0.2) is 0 Å². The Morgan fingerprint density at radius 2 is 1.72 bits per heavy atom. The largest absolute Gasteiger partial charge is 0.0619 e. The highest BCUT2D eigenvalue weighted by Gasteiger charge is 2.86. The average Bonchev–Trinajstić information content (AvgIpc) is 2.68. The molecule has 7 aliphatic rings. The van der Waals surface area contributed by atoms with Crippen LogP contribution in [-0.2, 0) is 0 Å². The maximum atomic E-state index is 2.62. The number of rotatable bonds is 0. The van der Waals surface area contributed by atoms with Crippen molar-refractivity contribution < 1.29 is 0 Å². The summed E-state index contributed by atoms with van der Waals surface area (Å²) in [5.41, 5.74) is 2.70. The molecule has 0 N–H and O–H groups in total. The lowest BCUT2D eigenvalue weighted by atomic mass is 9.25. The predicted octanol–water partition coefficient (Wildman–Crippen LogP) is 4.10. The van der Waals surface area contributed by atoms with Gasteiger partial charge in [0.05, 0.1) is 0 Å². The van der Waals surface area contributed by atoms with Gasteiger partial charge in [-0.2, -0.15) is 0 Å². The second-order valence-corrected chi connectivity index (χ2v) is 9.97. The first-order valence-electron chi connectivity index (χ1n) is 8.68. The van der Waals surface area contributed by atoms with Gasteiger partial charge in [-0.3, -0.25) is 0 Å². The first kappa shape index (κ1) is 9.03. The molecule has 10 atom stereocenters. The molecule has 10 unspecified atom stereocenters. The van der Waals surface area contributed by atoms with Crippen LogP contribution in [0.5, 0.6) is 0 Å². The Morgan fingerprint density at radius 3 is 2.61 bits per heavy atom. The van der Waals surface area contributed by atoms with Crippen molar-refractivity contribution in [1.29, 1.82) is 0 Å². The van der Waals surface area contributed by atoms with Gasteiger partial charge in [-0.05, 0) is 103 Å². The number of fused-ring (bicyclic) bond motifs is 2. The van der Waals surface area contributed by atoms with E-state index in [2.05, 4.69) is 6.92 Å². The molecule has 2 spiro atoms. The van der Waals surface area contributed by atoms with E-state index in [1.54, 1.807) is 44.9 Å². The second kappa shape index (κ2) is 2.06. The van der Waals surface area contributed by atoms with E-state index in [-0.39, 0.29) is 0 Å². The van der Waals surface area contributed by atoms with Crippen LogP contribution in [0.2, 0.25) is 0 Å². The van der Waals surface area contributed by atoms with Crippen molar-refractivity contribution in [1.82, 2.24) is 0 Å². The van der Waals surface area contributed by atoms with Gasteiger partial charge in [-0.25, -0.2) is 0 Å². The van der Waals surface area contributed by atoms with Gasteiger partial charge >= 0.3 is 0 Å². The van der Waals surface area contributed by atoms with E-state index in [0.717, 1.165) is 22.2 Å². The summed E-state index contributed by atoms with van der Waals surface area (Å²) >= 11 is 0. The fraction of sp³-hybridized carbons (Fsp3) is 1.00. The summed E-state index contributed by atoms with van der Waals surface area (Å²) in [6.07, 6.45) is 11.8. The van der Waals surface area contributed by atoms with Crippen LogP contribution in [0, 0.1) is 57.7 Å². The Balaban J connectivity index is 1.50. The lowest BCUT2D eigenvalue weighted by Crippen LogP contribution is -2.73. The highest BCUT2D eigenvalue weighted by Crippen LogP contribution is 2.93. The van der Waals surface area contributed by atoms with E-state index in [0.29, 0.717) is 0 Å². The van der Waals surface area contributed by atoms with E-state index in [9.17, 15) is 0 Å². The van der Waals surface area contributed by atoms with Gasteiger partial charge in [0.25, 0.3) is 0 Å². The van der Waals surface area contributed by atoms with Crippen LogP contribution in [0.4, 0.5) is 0 Å². The summed E-state index contributed by atoms with van der Waals surface area (Å²) in [7, 11) is 0. The summed E-state index contributed by atoms with van der Waals surface area (Å²) in [6.45, 7) is 2.62. The second-order valence-electron chi connectivity index (χ2n) is 9.97. The standard InChI is InChI=1S/C18H24/c1-9-3-17-6-14-11-2-10-12-4-16(7-17,8-18(9,14)17)5-13(12)15(10)11/h9-15H,2-8H2,1H3. The highest BCUT2D eigenvalue weighted by molar-refractivity contribution is 5.34. The highest BCUT2D eigenvalue weighted by atomic mass is 14.9. The Bertz CT molecular complexity index is 504. The molecule has 18 heavy (non-hydrogen) atoms. The third-order valence-corrected chi connectivity index (χ3v) is 10.2. The Hall–Kier alpha value is 0. The molecule has 0 radical (unpaired) electrons. The molecule has 0 heteroatoms. The first-order chi connectivity index (χ1) is 8.68. The molecule has 0 amide bonds. The zero-order valence-electron chi connectivity index (χ0n) is 11.5. The monoisotopic (exact) mass is 240 g/mol. The molecule has 3 bridgehead atoms. The third kappa shape index (κ3) is 0.549. The summed E-state index contributed by atoms with van der Waals surface area (Å²) in [6, 6.07) is 0. The molecular weight excluding hydrogens is 216 g/mol. The average molecular weight is 240 g/mol. The quantitative estimate of drug-likeness (QED) is 0.598. The Kier molecular flexibility index (Phi) is 1.03. The maximum Gasteiger partial charge on any atom is -0.0178 e. The lowest BCUT2D eigenvalue weighted by Gasteiger charge is -2.79. The van der Waals surface area contributed by atoms with E-state index in [1.165, 1.54) is 35.5 Å². The molecule has 96 valence electrons. The summed E-state index contributed by atoms with van der Waals surface area (Å²) in [5, 5.41) is 0. The van der Waals surface area contributed by atoms with Crippen molar-refractivity contribution in [3.05, 3.63) is 0 Å². The Morgan fingerprint density at radius 1 is 0.833 bits per heavy atom. The molecule has 0 aliphatic heterocycles. The van der Waals surface area contributed by atoms with Crippen molar-refractivity contribution in [3.8, 4) is 0 Å². The van der Waals surface area contributed by atoms with Gasteiger partial charge in [-0.15, -0.1) is 0 Å². The summed E-state index contributed by atoms with van der Waals surface area (Å²) in [5.74, 6) is 8.49. The smallest absolute Gasteiger partial charge is 0.0178 e. The molecule has 0 saturated heterocycles. The van der Waals surface area contributed by atoms with Crippen molar-refractivity contribution >= 4 is 0 Å². The van der Waals surface area contributed by atoms with Gasteiger partial charge in [0.15, 0.2) is 0 Å². The van der Waals surface area contributed by atoms with Crippen LogP contribution in [0.15, 0.2) is 0 Å². The fourth-order valence-electron chi connectivity index (χ4n) is 10.3. The van der Waals surface area contributed by atoms with Crippen LogP contribution in [0.3, 0.4) is 0 Å². The zero-order valence-corrected chi connectivity index (χ0v) is 11.5. The van der Waals surface area contributed by atoms with E-state index >= 15 is 0 Å². The van der Waals surface area contributed by atoms with Gasteiger partial charge in [0.1, 0.15) is 0 Å². The van der Waals surface area contributed by atoms with Crippen molar-refractivity contribution in [2.24, 2.45) is 57.7 Å². The summed E-state index contributed by atoms with van der Waals surface area (Å²) in [4.78, 5) is 0. The molecule has 0 aromatic heterocycles. The minimum absolute atomic E-state index is 0.886. The SMILES string of the molecule is CC1CC23CC4C5CC6C7CC(CC7C65)(C2)CC143. The molecule has 0 heterocycles. The van der Waals surface area contributed by atoms with Crippen molar-refractivity contribution in [3.63, 3.8) is 0 Å². The van der Waals surface area contributed by atoms with Gasteiger partial charge in [0.2, 0.25) is 0 Å². The zero-order chi connectivity index (χ0) is 11.5. The molecule has 7 fully saturated rings.